The summed E-state index contributed by atoms with van der Waals surface area (Å²) in [6.45, 7) is 4.18. The molecule has 42 heavy (non-hydrogen) atoms. The van der Waals surface area contributed by atoms with Gasteiger partial charge in [-0.2, -0.15) is 0 Å². The average molecular weight is 612 g/mol. The zero-order valence-electron chi connectivity index (χ0n) is 25.0. The zero-order valence-corrected chi connectivity index (χ0v) is 25.8. The number of halogens is 1. The van der Waals surface area contributed by atoms with E-state index in [0.717, 1.165) is 32.1 Å². The fraction of sp³-hybridized carbons (Fsp3) is 0.667. The molecule has 1 aromatic rings. The molecule has 1 saturated carbocycles. The van der Waals surface area contributed by atoms with E-state index in [9.17, 15) is 19.2 Å². The second-order valence-corrected chi connectivity index (χ2v) is 10.8. The molecule has 2 atom stereocenters. The van der Waals surface area contributed by atoms with Crippen molar-refractivity contribution in [2.45, 2.75) is 77.0 Å². The van der Waals surface area contributed by atoms with Gasteiger partial charge < -0.3 is 34.5 Å². The van der Waals surface area contributed by atoms with Crippen LogP contribution in [0.2, 0.25) is 5.02 Å². The predicted octanol–water partition coefficient (Wildman–Crippen LogP) is 3.85. The molecule has 3 amide bonds. The van der Waals surface area contributed by atoms with Gasteiger partial charge in [-0.05, 0) is 43.4 Å². The molecule has 1 fully saturated rings. The number of methoxy groups -OCH3 is 1. The molecule has 11 nitrogen and oxygen atoms in total. The molecule has 236 valence electrons. The lowest BCUT2D eigenvalue weighted by Crippen LogP contribution is -2.52. The normalized spacial score (nSPS) is 14.9. The number of amides is 3. The lowest BCUT2D eigenvalue weighted by molar-refractivity contribution is -0.145. The van der Waals surface area contributed by atoms with E-state index < -0.39 is 30.1 Å². The van der Waals surface area contributed by atoms with Gasteiger partial charge in [0.1, 0.15) is 18.7 Å². The molecule has 0 radical (unpaired) electrons. The second-order valence-electron chi connectivity index (χ2n) is 10.4. The molecule has 1 aliphatic rings. The zero-order chi connectivity index (χ0) is 30.7. The summed E-state index contributed by atoms with van der Waals surface area (Å²) in [6, 6.07) is 4.97. The van der Waals surface area contributed by atoms with Crippen molar-refractivity contribution in [2.24, 2.45) is 5.92 Å². The Labute approximate surface area is 253 Å². The van der Waals surface area contributed by atoms with Gasteiger partial charge in [0, 0.05) is 31.6 Å². The summed E-state index contributed by atoms with van der Waals surface area (Å²) in [5.41, 5.74) is 0.711. The maximum Gasteiger partial charge on any atom is 0.408 e. The van der Waals surface area contributed by atoms with Crippen LogP contribution in [-0.2, 0) is 39.9 Å². The number of carbonyl (C=O) groups is 4. The number of hydrogen-bond acceptors (Lipinski definition) is 8. The van der Waals surface area contributed by atoms with Crippen molar-refractivity contribution in [1.82, 2.24) is 15.5 Å². The molecule has 1 aromatic carbocycles. The lowest BCUT2D eigenvalue weighted by Gasteiger charge is -2.27. The van der Waals surface area contributed by atoms with E-state index in [-0.39, 0.29) is 31.3 Å². The summed E-state index contributed by atoms with van der Waals surface area (Å²) in [6.07, 6.45) is 4.91. The topological polar surface area (TPSA) is 132 Å². The minimum Gasteiger partial charge on any atom is -0.467 e. The molecule has 2 rings (SSSR count). The number of carbonyl (C=O) groups excluding carboxylic acids is 4. The van der Waals surface area contributed by atoms with Crippen molar-refractivity contribution < 1.29 is 38.1 Å². The number of hydrogen-bond donors (Lipinski definition) is 2. The third-order valence-electron chi connectivity index (χ3n) is 7.18. The molecular formula is C30H46ClN3O8. The Hall–Kier alpha value is -2.89. The van der Waals surface area contributed by atoms with Crippen LogP contribution in [0.4, 0.5) is 4.79 Å². The number of rotatable bonds is 18. The van der Waals surface area contributed by atoms with E-state index in [1.165, 1.54) is 12.0 Å². The summed E-state index contributed by atoms with van der Waals surface area (Å²) in [7, 11) is 2.87. The number of alkyl carbamates (subject to hydrolysis) is 1. The lowest BCUT2D eigenvalue weighted by atomic mass is 9.84. The highest BCUT2D eigenvalue weighted by Gasteiger charge is 2.30. The summed E-state index contributed by atoms with van der Waals surface area (Å²) in [5, 5.41) is 5.90. The minimum atomic E-state index is -1.06. The van der Waals surface area contributed by atoms with E-state index >= 15 is 0 Å². The number of nitrogens with one attached hydrogen (secondary N) is 2. The van der Waals surface area contributed by atoms with Crippen LogP contribution in [0.25, 0.3) is 0 Å². The predicted molar refractivity (Wildman–Crippen MR) is 158 cm³/mol. The highest BCUT2D eigenvalue weighted by Crippen LogP contribution is 2.27. The van der Waals surface area contributed by atoms with Crippen molar-refractivity contribution >= 4 is 35.5 Å². The van der Waals surface area contributed by atoms with Gasteiger partial charge in [-0.1, -0.05) is 55.8 Å². The smallest absolute Gasteiger partial charge is 0.408 e. The Balaban J connectivity index is 1.95. The Morgan fingerprint density at radius 3 is 2.45 bits per heavy atom. The SMILES string of the molecule is CCOCCOCCN(C)C(=O)CC[C@H](NC(=O)[C@H](CC1CCCCC1)NC(=O)OCc1cccc(Cl)c1)C(=O)OC. The average Bonchev–Trinajstić information content (AvgIpc) is 2.99. The van der Waals surface area contributed by atoms with Crippen molar-refractivity contribution in [3.05, 3.63) is 34.9 Å². The van der Waals surface area contributed by atoms with Crippen LogP contribution in [0.15, 0.2) is 24.3 Å². The van der Waals surface area contributed by atoms with Crippen molar-refractivity contribution in [3.63, 3.8) is 0 Å². The molecular weight excluding hydrogens is 566 g/mol. The second kappa shape index (κ2) is 20.1. The number of ether oxygens (including phenoxy) is 4. The Morgan fingerprint density at radius 2 is 1.76 bits per heavy atom. The Bertz CT molecular complexity index is 989. The molecule has 0 spiro atoms. The molecule has 0 bridgehead atoms. The minimum absolute atomic E-state index is 0.0118. The van der Waals surface area contributed by atoms with Crippen molar-refractivity contribution in [2.75, 3.05) is 47.1 Å². The summed E-state index contributed by atoms with van der Waals surface area (Å²) >= 11 is 6.01. The van der Waals surface area contributed by atoms with E-state index in [2.05, 4.69) is 10.6 Å². The fourth-order valence-electron chi connectivity index (χ4n) is 4.76. The van der Waals surface area contributed by atoms with Gasteiger partial charge in [0.25, 0.3) is 0 Å². The first-order chi connectivity index (χ1) is 20.2. The third-order valence-corrected chi connectivity index (χ3v) is 7.42. The quantitative estimate of drug-likeness (QED) is 0.189. The summed E-state index contributed by atoms with van der Waals surface area (Å²) in [4.78, 5) is 52.8. The number of nitrogens with zero attached hydrogens (tertiary/aromatic N) is 1. The molecule has 12 heteroatoms. The van der Waals surface area contributed by atoms with E-state index in [1.807, 2.05) is 6.92 Å². The monoisotopic (exact) mass is 611 g/mol. The van der Waals surface area contributed by atoms with Crippen LogP contribution in [0.3, 0.4) is 0 Å². The van der Waals surface area contributed by atoms with E-state index in [0.29, 0.717) is 50.0 Å². The van der Waals surface area contributed by atoms with Crippen LogP contribution >= 0.6 is 11.6 Å². The molecule has 1 aliphatic carbocycles. The largest absolute Gasteiger partial charge is 0.467 e. The molecule has 0 saturated heterocycles. The molecule has 0 unspecified atom stereocenters. The van der Waals surface area contributed by atoms with Gasteiger partial charge in [0.05, 0.1) is 26.9 Å². The first kappa shape index (κ1) is 35.3. The standard InChI is InChI=1S/C30H46ClN3O8/c1-4-40-17-18-41-16-15-34(2)27(35)14-13-25(29(37)39-3)32-28(36)26(20-22-9-6-5-7-10-22)33-30(38)42-21-23-11-8-12-24(31)19-23/h8,11-12,19,22,25-26H,4-7,9-10,13-18,20-21H2,1-3H3,(H,32,36)(H,33,38)/t25-,26-/m0/s1. The van der Waals surface area contributed by atoms with Gasteiger partial charge in [-0.15, -0.1) is 0 Å². The highest BCUT2D eigenvalue weighted by atomic mass is 35.5. The Morgan fingerprint density at radius 1 is 1.02 bits per heavy atom. The molecule has 0 heterocycles. The third kappa shape index (κ3) is 13.8. The van der Waals surface area contributed by atoms with Crippen molar-refractivity contribution in [1.29, 1.82) is 0 Å². The van der Waals surface area contributed by atoms with E-state index in [1.54, 1.807) is 31.3 Å². The Kier molecular flexibility index (Phi) is 16.9. The van der Waals surface area contributed by atoms with Crippen LogP contribution in [0, 0.1) is 5.92 Å². The van der Waals surface area contributed by atoms with E-state index in [4.69, 9.17) is 30.5 Å². The van der Waals surface area contributed by atoms with Crippen molar-refractivity contribution in [3.8, 4) is 0 Å². The first-order valence-corrected chi connectivity index (χ1v) is 15.1. The van der Waals surface area contributed by atoms with Crippen LogP contribution in [0.1, 0.15) is 63.9 Å². The van der Waals surface area contributed by atoms with Gasteiger partial charge in [0.2, 0.25) is 11.8 Å². The van der Waals surface area contributed by atoms with Crippen LogP contribution in [0.5, 0.6) is 0 Å². The maximum atomic E-state index is 13.4. The number of likely N-dealkylation sites (N-methyl/N-ethyl adjacent to an activating group) is 1. The molecule has 0 aliphatic heterocycles. The van der Waals surface area contributed by atoms with Gasteiger partial charge in [-0.3, -0.25) is 9.59 Å². The highest BCUT2D eigenvalue weighted by molar-refractivity contribution is 6.30. The van der Waals surface area contributed by atoms with Gasteiger partial charge >= 0.3 is 12.1 Å². The number of benzene rings is 1. The summed E-state index contributed by atoms with van der Waals surface area (Å²) in [5.74, 6) is -1.14. The first-order valence-electron chi connectivity index (χ1n) is 14.7. The van der Waals surface area contributed by atoms with Gasteiger partial charge in [0.15, 0.2) is 0 Å². The summed E-state index contributed by atoms with van der Waals surface area (Å²) < 4.78 is 20.9. The molecule has 0 aromatic heterocycles. The maximum absolute atomic E-state index is 13.4. The van der Waals surface area contributed by atoms with Gasteiger partial charge in [-0.25, -0.2) is 9.59 Å². The molecule has 2 N–H and O–H groups in total. The number of esters is 1. The fourth-order valence-corrected chi connectivity index (χ4v) is 4.97. The van der Waals surface area contributed by atoms with Crippen LogP contribution in [-0.4, -0.2) is 88.0 Å². The van der Waals surface area contributed by atoms with Crippen LogP contribution < -0.4 is 10.6 Å².